The summed E-state index contributed by atoms with van der Waals surface area (Å²) in [6.07, 6.45) is 1.03. The van der Waals surface area contributed by atoms with Gasteiger partial charge in [-0.15, -0.1) is 11.1 Å². The Hall–Kier alpha value is -0.747. The quantitative estimate of drug-likeness (QED) is 0.290. The van der Waals surface area contributed by atoms with Crippen LogP contribution in [0.5, 0.6) is 0 Å². The molecule has 4 rings (SSSR count). The van der Waals surface area contributed by atoms with Crippen LogP contribution in [0.15, 0.2) is 54.6 Å². The molecule has 0 atom stereocenters. The Bertz CT molecular complexity index is 949. The van der Waals surface area contributed by atoms with Gasteiger partial charge in [-0.25, -0.2) is 6.07 Å². The van der Waals surface area contributed by atoms with Crippen LogP contribution in [0.25, 0.3) is 11.1 Å². The predicted molar refractivity (Wildman–Crippen MR) is 132 cm³/mol. The molecule has 0 spiro atoms. The number of benzene rings is 2. The summed E-state index contributed by atoms with van der Waals surface area (Å²) < 4.78 is 0. The summed E-state index contributed by atoms with van der Waals surface area (Å²) in [5.41, 5.74) is 10.4. The van der Waals surface area contributed by atoms with Crippen molar-refractivity contribution in [1.82, 2.24) is 0 Å². The van der Waals surface area contributed by atoms with Crippen LogP contribution in [0, 0.1) is 6.07 Å². The van der Waals surface area contributed by atoms with Crippen molar-refractivity contribution in [2.45, 2.75) is 85.0 Å². The molecule has 1 aliphatic rings. The maximum Gasteiger partial charge on any atom is 4.00 e. The van der Waals surface area contributed by atoms with E-state index in [4.69, 9.17) is 0 Å². The van der Waals surface area contributed by atoms with Crippen LogP contribution >= 0.6 is 0 Å². The third-order valence-electron chi connectivity index (χ3n) is 5.99. The summed E-state index contributed by atoms with van der Waals surface area (Å²) in [6, 6.07) is 23.7. The van der Waals surface area contributed by atoms with Crippen molar-refractivity contribution in [2.75, 3.05) is 0 Å². The summed E-state index contributed by atoms with van der Waals surface area (Å²) in [6.45, 7) is 20.3. The van der Waals surface area contributed by atoms with Crippen molar-refractivity contribution >= 4 is 0 Å². The zero-order valence-electron chi connectivity index (χ0n) is 21.7. The second kappa shape index (κ2) is 11.8. The van der Waals surface area contributed by atoms with Crippen LogP contribution in [-0.2, 0) is 48.9 Å². The number of halogens is 2. The Balaban J connectivity index is 0.000000733. The molecular weight excluding hydrogens is 522 g/mol. The molecule has 0 nitrogen and oxygen atoms in total. The fourth-order valence-corrected chi connectivity index (χ4v) is 3.90. The molecule has 33 heavy (non-hydrogen) atoms. The molecule has 0 heterocycles. The summed E-state index contributed by atoms with van der Waals surface area (Å²) in [4.78, 5) is 0. The van der Waals surface area contributed by atoms with Crippen molar-refractivity contribution in [3.63, 3.8) is 0 Å². The third-order valence-corrected chi connectivity index (χ3v) is 5.99. The molecule has 0 N–H and O–H groups in total. The number of fused-ring (bicyclic) bond motifs is 3. The maximum absolute atomic E-state index is 3.67. The molecule has 176 valence electrons. The Morgan fingerprint density at radius 2 is 1.27 bits per heavy atom. The van der Waals surface area contributed by atoms with E-state index in [9.17, 15) is 0 Å². The van der Waals surface area contributed by atoms with Gasteiger partial charge in [0.25, 0.3) is 0 Å². The molecule has 0 aliphatic heterocycles. The Kier molecular flexibility index (Phi) is 11.5. The van der Waals surface area contributed by atoms with Gasteiger partial charge in [0.2, 0.25) is 0 Å². The largest absolute Gasteiger partial charge is 4.00 e. The van der Waals surface area contributed by atoms with Crippen LogP contribution in [-0.4, -0.2) is 0 Å². The van der Waals surface area contributed by atoms with Crippen LogP contribution in [0.3, 0.4) is 0 Å². The van der Waals surface area contributed by atoms with Crippen molar-refractivity contribution in [3.8, 4) is 11.1 Å². The molecule has 3 aromatic carbocycles. The SMILES string of the molecule is CC(C)(C)c1[c-]c2c(cc1)-c1ccc(C(C)(C)C)cc1C2.CC(C)(C)c1cc[cH-]c1.[Cl-].[Cl-].[Zr+4]. The molecule has 0 saturated heterocycles. The standard InChI is InChI=1S/C21H25.C9H13.2ClH.Zr/c1-20(2,3)16-7-9-18-14(12-16)11-15-13-17(21(4,5)6)8-10-19(15)18;1-9(2,3)8-6-4-5-7-8;;;/h7-10,12H,11H2,1-6H3;4-7H,1-3H3;2*1H;/q2*-1;;;+4/p-2. The van der Waals surface area contributed by atoms with E-state index in [1.165, 1.54) is 38.9 Å². The van der Waals surface area contributed by atoms with Crippen molar-refractivity contribution < 1.29 is 51.0 Å². The first-order chi connectivity index (χ1) is 13.8. The van der Waals surface area contributed by atoms with E-state index in [2.05, 4.69) is 123 Å². The van der Waals surface area contributed by atoms with Crippen molar-refractivity contribution in [1.29, 1.82) is 0 Å². The van der Waals surface area contributed by atoms with Crippen LogP contribution in [0.2, 0.25) is 0 Å². The summed E-state index contributed by atoms with van der Waals surface area (Å²) in [5.74, 6) is 0. The zero-order chi connectivity index (χ0) is 22.3. The van der Waals surface area contributed by atoms with Crippen LogP contribution < -0.4 is 24.8 Å². The molecule has 0 bridgehead atoms. The molecule has 0 aromatic heterocycles. The normalized spacial score (nSPS) is 12.2. The van der Waals surface area contributed by atoms with E-state index in [1.54, 1.807) is 0 Å². The minimum absolute atomic E-state index is 0. The predicted octanol–water partition coefficient (Wildman–Crippen LogP) is 2.36. The van der Waals surface area contributed by atoms with Crippen LogP contribution in [0.1, 0.15) is 90.1 Å². The molecule has 1 aliphatic carbocycles. The average molecular weight is 561 g/mol. The number of hydrogen-bond acceptors (Lipinski definition) is 0. The Morgan fingerprint density at radius 1 is 0.697 bits per heavy atom. The third kappa shape index (κ3) is 7.88. The molecule has 0 fully saturated rings. The summed E-state index contributed by atoms with van der Waals surface area (Å²) in [7, 11) is 0. The van der Waals surface area contributed by atoms with Crippen molar-refractivity contribution in [2.24, 2.45) is 0 Å². The van der Waals surface area contributed by atoms with Gasteiger partial charge in [-0.1, -0.05) is 91.5 Å². The fraction of sp³-hybridized carbons (Fsp3) is 0.433. The van der Waals surface area contributed by atoms with Gasteiger partial charge in [0.1, 0.15) is 0 Å². The van der Waals surface area contributed by atoms with E-state index in [1.807, 2.05) is 0 Å². The van der Waals surface area contributed by atoms with Crippen LogP contribution in [0.4, 0.5) is 0 Å². The molecule has 0 saturated carbocycles. The van der Waals surface area contributed by atoms with E-state index >= 15 is 0 Å². The Morgan fingerprint density at radius 3 is 1.73 bits per heavy atom. The second-order valence-corrected chi connectivity index (χ2v) is 11.7. The van der Waals surface area contributed by atoms with E-state index in [0.717, 1.165) is 6.42 Å². The van der Waals surface area contributed by atoms with Gasteiger partial charge in [-0.3, -0.25) is 0 Å². The fourth-order valence-electron chi connectivity index (χ4n) is 3.90. The molecule has 3 aromatic rings. The zero-order valence-corrected chi connectivity index (χ0v) is 25.6. The molecule has 0 amide bonds. The van der Waals surface area contributed by atoms with E-state index in [0.29, 0.717) is 5.41 Å². The number of rotatable bonds is 0. The van der Waals surface area contributed by atoms with Gasteiger partial charge < -0.3 is 24.8 Å². The summed E-state index contributed by atoms with van der Waals surface area (Å²) in [5, 5.41) is 0. The van der Waals surface area contributed by atoms with Gasteiger partial charge in [0, 0.05) is 0 Å². The van der Waals surface area contributed by atoms with Gasteiger partial charge in [-0.05, 0) is 28.4 Å². The van der Waals surface area contributed by atoms with E-state index < -0.39 is 0 Å². The molecule has 0 radical (unpaired) electrons. The molecular formula is C30H38Cl2Zr. The van der Waals surface area contributed by atoms with Gasteiger partial charge in [0.05, 0.1) is 0 Å². The number of hydrogen-bond donors (Lipinski definition) is 0. The minimum atomic E-state index is 0. The second-order valence-electron chi connectivity index (χ2n) is 11.7. The minimum Gasteiger partial charge on any atom is -1.00 e. The van der Waals surface area contributed by atoms with Gasteiger partial charge in [-0.2, -0.15) is 47.5 Å². The first-order valence-corrected chi connectivity index (χ1v) is 11.2. The monoisotopic (exact) mass is 558 g/mol. The summed E-state index contributed by atoms with van der Waals surface area (Å²) >= 11 is 0. The van der Waals surface area contributed by atoms with Gasteiger partial charge in [0.15, 0.2) is 0 Å². The maximum atomic E-state index is 3.67. The van der Waals surface area contributed by atoms with E-state index in [-0.39, 0.29) is 61.8 Å². The molecule has 3 heteroatoms. The Labute approximate surface area is 234 Å². The first-order valence-electron chi connectivity index (χ1n) is 11.2. The first kappa shape index (κ1) is 32.3. The molecule has 0 unspecified atom stereocenters. The topological polar surface area (TPSA) is 0 Å². The van der Waals surface area contributed by atoms with Gasteiger partial charge >= 0.3 is 26.2 Å². The van der Waals surface area contributed by atoms with Crippen molar-refractivity contribution in [3.05, 3.63) is 88.5 Å². The smallest absolute Gasteiger partial charge is 1.00 e. The average Bonchev–Trinajstić information content (AvgIpc) is 3.27.